The van der Waals surface area contributed by atoms with Gasteiger partial charge in [-0.15, -0.1) is 22.9 Å². The van der Waals surface area contributed by atoms with Gasteiger partial charge in [0.05, 0.1) is 12.2 Å². The van der Waals surface area contributed by atoms with Gasteiger partial charge in [0.1, 0.15) is 10.9 Å². The van der Waals surface area contributed by atoms with Crippen molar-refractivity contribution in [3.63, 3.8) is 0 Å². The van der Waals surface area contributed by atoms with Gasteiger partial charge >= 0.3 is 5.97 Å². The zero-order valence-corrected chi connectivity index (χ0v) is 12.3. The highest BCUT2D eigenvalue weighted by atomic mass is 35.5. The van der Waals surface area contributed by atoms with Crippen LogP contribution in [0.4, 0.5) is 5.00 Å². The Labute approximate surface area is 121 Å². The molecule has 1 aliphatic carbocycles. The van der Waals surface area contributed by atoms with Crippen molar-refractivity contribution in [2.75, 3.05) is 17.8 Å². The lowest BCUT2D eigenvalue weighted by molar-refractivity contribution is -0.113. The third kappa shape index (κ3) is 3.09. The van der Waals surface area contributed by atoms with Crippen LogP contribution in [-0.4, -0.2) is 24.4 Å². The second-order valence-electron chi connectivity index (χ2n) is 4.32. The number of rotatable bonds is 4. The molecular formula is C13H16ClNO3S. The normalized spacial score (nSPS) is 13.8. The number of alkyl halides is 1. The first-order valence-corrected chi connectivity index (χ1v) is 7.70. The molecule has 0 aliphatic heterocycles. The highest BCUT2D eigenvalue weighted by Crippen LogP contribution is 2.38. The average molecular weight is 302 g/mol. The van der Waals surface area contributed by atoms with Crippen molar-refractivity contribution < 1.29 is 14.3 Å². The number of aryl methyl sites for hydroxylation is 1. The maximum Gasteiger partial charge on any atom is 0.341 e. The number of amides is 1. The molecule has 0 fully saturated rings. The quantitative estimate of drug-likeness (QED) is 0.687. The summed E-state index contributed by atoms with van der Waals surface area (Å²) in [4.78, 5) is 24.7. The maximum atomic E-state index is 12.1. The van der Waals surface area contributed by atoms with E-state index in [4.69, 9.17) is 16.3 Å². The predicted octanol–water partition coefficient (Wildman–Crippen LogP) is 2.98. The van der Waals surface area contributed by atoms with Gasteiger partial charge in [0.2, 0.25) is 5.91 Å². The molecule has 1 aromatic rings. The number of esters is 1. The minimum atomic E-state index is -0.355. The second-order valence-corrected chi connectivity index (χ2v) is 5.69. The molecule has 1 heterocycles. The summed E-state index contributed by atoms with van der Waals surface area (Å²) in [5, 5.41) is 3.28. The number of fused-ring (bicyclic) bond motifs is 1. The van der Waals surface area contributed by atoms with E-state index < -0.39 is 0 Å². The number of halogens is 1. The number of ether oxygens (including phenoxy) is 1. The molecule has 4 nitrogen and oxygen atoms in total. The predicted molar refractivity (Wildman–Crippen MR) is 76.3 cm³/mol. The highest BCUT2D eigenvalue weighted by Gasteiger charge is 2.26. The molecule has 1 N–H and O–H groups in total. The number of hydrogen-bond donors (Lipinski definition) is 1. The number of anilines is 1. The molecule has 6 heteroatoms. The fraction of sp³-hybridized carbons (Fsp3) is 0.538. The van der Waals surface area contributed by atoms with Crippen LogP contribution in [0, 0.1) is 0 Å². The van der Waals surface area contributed by atoms with E-state index in [2.05, 4.69) is 5.32 Å². The fourth-order valence-corrected chi connectivity index (χ4v) is 3.59. The molecule has 0 saturated carbocycles. The molecule has 0 saturated heterocycles. The SMILES string of the molecule is CCOC(=O)c1c(NC(=O)CCl)sc2c1CCCC2. The summed E-state index contributed by atoms with van der Waals surface area (Å²) >= 11 is 6.97. The van der Waals surface area contributed by atoms with E-state index in [0.29, 0.717) is 17.2 Å². The topological polar surface area (TPSA) is 55.4 Å². The van der Waals surface area contributed by atoms with Crippen molar-refractivity contribution in [1.29, 1.82) is 0 Å². The molecule has 104 valence electrons. The number of nitrogens with one attached hydrogen (secondary N) is 1. The summed E-state index contributed by atoms with van der Waals surface area (Å²) in [5.74, 6) is -0.775. The Kier molecular flexibility index (Phi) is 4.82. The lowest BCUT2D eigenvalue weighted by Crippen LogP contribution is -2.16. The molecule has 0 radical (unpaired) electrons. The zero-order chi connectivity index (χ0) is 13.8. The smallest absolute Gasteiger partial charge is 0.341 e. The van der Waals surface area contributed by atoms with E-state index in [-0.39, 0.29) is 17.8 Å². The van der Waals surface area contributed by atoms with Gasteiger partial charge in [-0.05, 0) is 38.2 Å². The van der Waals surface area contributed by atoms with Crippen LogP contribution in [0.5, 0.6) is 0 Å². The Morgan fingerprint density at radius 3 is 2.79 bits per heavy atom. The van der Waals surface area contributed by atoms with Crippen molar-refractivity contribution in [2.45, 2.75) is 32.6 Å². The number of carbonyl (C=O) groups is 2. The van der Waals surface area contributed by atoms with E-state index in [9.17, 15) is 9.59 Å². The Balaban J connectivity index is 2.37. The van der Waals surface area contributed by atoms with Gasteiger partial charge in [0, 0.05) is 4.88 Å². The molecule has 0 atom stereocenters. The van der Waals surface area contributed by atoms with E-state index >= 15 is 0 Å². The molecule has 0 aromatic carbocycles. The van der Waals surface area contributed by atoms with Gasteiger partial charge < -0.3 is 10.1 Å². The van der Waals surface area contributed by atoms with Gasteiger partial charge in [-0.1, -0.05) is 0 Å². The van der Waals surface area contributed by atoms with E-state index in [1.807, 2.05) is 0 Å². The monoisotopic (exact) mass is 301 g/mol. The van der Waals surface area contributed by atoms with Crippen molar-refractivity contribution in [2.24, 2.45) is 0 Å². The minimum Gasteiger partial charge on any atom is -0.462 e. The largest absolute Gasteiger partial charge is 0.462 e. The summed E-state index contributed by atoms with van der Waals surface area (Å²) < 4.78 is 5.09. The maximum absolute atomic E-state index is 12.1. The fourth-order valence-electron chi connectivity index (χ4n) is 2.23. The lowest BCUT2D eigenvalue weighted by atomic mass is 9.95. The number of carbonyl (C=O) groups excluding carboxylic acids is 2. The summed E-state index contributed by atoms with van der Waals surface area (Å²) in [6, 6.07) is 0. The van der Waals surface area contributed by atoms with Crippen molar-refractivity contribution in [3.8, 4) is 0 Å². The highest BCUT2D eigenvalue weighted by molar-refractivity contribution is 7.17. The van der Waals surface area contributed by atoms with E-state index in [1.165, 1.54) is 16.2 Å². The summed E-state index contributed by atoms with van der Waals surface area (Å²) in [6.45, 7) is 2.10. The Morgan fingerprint density at radius 1 is 1.37 bits per heavy atom. The summed E-state index contributed by atoms with van der Waals surface area (Å²) in [5.41, 5.74) is 1.57. The van der Waals surface area contributed by atoms with Gasteiger partial charge in [-0.2, -0.15) is 0 Å². The van der Waals surface area contributed by atoms with Crippen LogP contribution in [0.1, 0.15) is 40.6 Å². The van der Waals surface area contributed by atoms with Crippen LogP contribution >= 0.6 is 22.9 Å². The van der Waals surface area contributed by atoms with Crippen LogP contribution in [0.15, 0.2) is 0 Å². The second kappa shape index (κ2) is 6.39. The number of thiophene rings is 1. The zero-order valence-electron chi connectivity index (χ0n) is 10.8. The number of hydrogen-bond acceptors (Lipinski definition) is 4. The van der Waals surface area contributed by atoms with Gasteiger partial charge in [-0.25, -0.2) is 4.79 Å². The van der Waals surface area contributed by atoms with Crippen LogP contribution in [0.2, 0.25) is 0 Å². The first kappa shape index (κ1) is 14.3. The first-order chi connectivity index (χ1) is 9.17. The summed E-state index contributed by atoms with van der Waals surface area (Å²) in [6.07, 6.45) is 4.03. The van der Waals surface area contributed by atoms with Crippen LogP contribution in [0.3, 0.4) is 0 Å². The summed E-state index contributed by atoms with van der Waals surface area (Å²) in [7, 11) is 0. The Bertz CT molecular complexity index is 498. The molecule has 2 rings (SSSR count). The molecule has 0 spiro atoms. The molecule has 1 amide bonds. The third-order valence-electron chi connectivity index (χ3n) is 3.03. The molecule has 1 aromatic heterocycles. The third-order valence-corrected chi connectivity index (χ3v) is 4.48. The van der Waals surface area contributed by atoms with Crippen molar-refractivity contribution in [1.82, 2.24) is 0 Å². The van der Waals surface area contributed by atoms with E-state index in [0.717, 1.165) is 31.2 Å². The standard InChI is InChI=1S/C13H16ClNO3S/c1-2-18-13(17)11-8-5-3-4-6-9(8)19-12(11)15-10(16)7-14/h2-7H2,1H3,(H,15,16). The average Bonchev–Trinajstić information content (AvgIpc) is 2.76. The Morgan fingerprint density at radius 2 is 2.11 bits per heavy atom. The molecular weight excluding hydrogens is 286 g/mol. The van der Waals surface area contributed by atoms with Gasteiger partial charge in [0.15, 0.2) is 0 Å². The molecule has 1 aliphatic rings. The van der Waals surface area contributed by atoms with Crippen molar-refractivity contribution >= 4 is 39.8 Å². The first-order valence-electron chi connectivity index (χ1n) is 6.34. The lowest BCUT2D eigenvalue weighted by Gasteiger charge is -2.12. The van der Waals surface area contributed by atoms with Crippen LogP contribution in [-0.2, 0) is 22.4 Å². The minimum absolute atomic E-state index is 0.120. The molecule has 0 bridgehead atoms. The van der Waals surface area contributed by atoms with Crippen LogP contribution < -0.4 is 5.32 Å². The Hall–Kier alpha value is -1.07. The van der Waals surface area contributed by atoms with Crippen molar-refractivity contribution in [3.05, 3.63) is 16.0 Å². The van der Waals surface area contributed by atoms with Gasteiger partial charge in [0.25, 0.3) is 0 Å². The molecule has 0 unspecified atom stereocenters. The van der Waals surface area contributed by atoms with Gasteiger partial charge in [-0.3, -0.25) is 4.79 Å². The van der Waals surface area contributed by atoms with Crippen LogP contribution in [0.25, 0.3) is 0 Å². The molecule has 19 heavy (non-hydrogen) atoms. The van der Waals surface area contributed by atoms with E-state index in [1.54, 1.807) is 6.92 Å².